The topological polar surface area (TPSA) is 80.9 Å². The molecule has 0 spiro atoms. The molecule has 1 amide bonds. The molecule has 0 saturated heterocycles. The van der Waals surface area contributed by atoms with Gasteiger partial charge in [0.1, 0.15) is 6.04 Å². The van der Waals surface area contributed by atoms with Crippen molar-refractivity contribution in [1.82, 2.24) is 20.4 Å². The Kier molecular flexibility index (Phi) is 5.52. The molecule has 146 valence electrons. The molecule has 3 aromatic heterocycles. The number of rotatable bonds is 5. The number of aromatic nitrogens is 3. The van der Waals surface area contributed by atoms with Gasteiger partial charge in [0.25, 0.3) is 5.91 Å². The zero-order chi connectivity index (χ0) is 19.5. The molecule has 0 radical (unpaired) electrons. The maximum atomic E-state index is 12.9. The summed E-state index contributed by atoms with van der Waals surface area (Å²) in [6.07, 6.45) is 9.23. The van der Waals surface area contributed by atoms with Crippen LogP contribution in [0.5, 0.6) is 0 Å². The number of amides is 1. The molecule has 7 heteroatoms. The summed E-state index contributed by atoms with van der Waals surface area (Å²) in [7, 11) is 0. The summed E-state index contributed by atoms with van der Waals surface area (Å²) in [6.45, 7) is 4.07. The lowest BCUT2D eigenvalue weighted by atomic mass is 10.0. The Morgan fingerprint density at radius 2 is 1.96 bits per heavy atom. The number of hydrogen-bond acceptors (Lipinski definition) is 6. The molecule has 3 aromatic rings. The average molecular weight is 397 g/mol. The fourth-order valence-electron chi connectivity index (χ4n) is 3.49. The van der Waals surface area contributed by atoms with E-state index in [9.17, 15) is 4.79 Å². The van der Waals surface area contributed by atoms with Crippen molar-refractivity contribution < 1.29 is 9.32 Å². The average Bonchev–Trinajstić information content (AvgIpc) is 3.29. The second-order valence-corrected chi connectivity index (χ2v) is 8.64. The number of fused-ring (bicyclic) bond motifs is 1. The lowest BCUT2D eigenvalue weighted by Gasteiger charge is -2.18. The molecule has 1 aliphatic rings. The fourth-order valence-corrected chi connectivity index (χ4v) is 4.64. The molecule has 0 bridgehead atoms. The van der Waals surface area contributed by atoms with Gasteiger partial charge in [-0.15, -0.1) is 11.3 Å². The van der Waals surface area contributed by atoms with Crippen molar-refractivity contribution in [2.75, 3.05) is 0 Å². The summed E-state index contributed by atoms with van der Waals surface area (Å²) in [4.78, 5) is 23.6. The Morgan fingerprint density at radius 1 is 1.18 bits per heavy atom. The summed E-state index contributed by atoms with van der Waals surface area (Å²) in [5.41, 5.74) is 2.17. The predicted molar refractivity (Wildman–Crippen MR) is 108 cm³/mol. The second kappa shape index (κ2) is 8.22. The second-order valence-electron chi connectivity index (χ2n) is 7.51. The normalized spacial score (nSPS) is 15.1. The highest BCUT2D eigenvalue weighted by Gasteiger charge is 2.26. The Balaban J connectivity index is 1.53. The maximum absolute atomic E-state index is 12.9. The van der Waals surface area contributed by atoms with Crippen LogP contribution in [0.15, 0.2) is 35.1 Å². The van der Waals surface area contributed by atoms with E-state index in [1.165, 1.54) is 29.7 Å². The molecule has 1 atom stereocenters. The lowest BCUT2D eigenvalue weighted by Crippen LogP contribution is -2.31. The fraction of sp³-hybridized carbons (Fsp3) is 0.429. The van der Waals surface area contributed by atoms with Gasteiger partial charge in [0.05, 0.1) is 4.88 Å². The first-order valence-corrected chi connectivity index (χ1v) is 10.6. The highest BCUT2D eigenvalue weighted by molar-refractivity contribution is 7.14. The van der Waals surface area contributed by atoms with Gasteiger partial charge in [-0.25, -0.2) is 0 Å². The third-order valence-electron chi connectivity index (χ3n) is 5.07. The zero-order valence-electron chi connectivity index (χ0n) is 16.1. The number of pyridine rings is 1. The first kappa shape index (κ1) is 18.8. The van der Waals surface area contributed by atoms with Gasteiger partial charge in [-0.3, -0.25) is 9.78 Å². The van der Waals surface area contributed by atoms with E-state index in [0.717, 1.165) is 23.3 Å². The smallest absolute Gasteiger partial charge is 0.262 e. The van der Waals surface area contributed by atoms with E-state index < -0.39 is 0 Å². The number of nitrogens with one attached hydrogen (secondary N) is 1. The molecule has 0 saturated carbocycles. The Morgan fingerprint density at radius 3 is 2.75 bits per heavy atom. The Labute approximate surface area is 168 Å². The number of carbonyl (C=O) groups is 1. The van der Waals surface area contributed by atoms with E-state index in [1.54, 1.807) is 23.7 Å². The summed E-state index contributed by atoms with van der Waals surface area (Å²) in [6, 6.07) is 5.39. The minimum absolute atomic E-state index is 0.0690. The first-order chi connectivity index (χ1) is 13.6. The van der Waals surface area contributed by atoms with Crippen LogP contribution in [0.2, 0.25) is 0 Å². The number of nitrogens with zero attached hydrogens (tertiary/aromatic N) is 3. The SMILES string of the molecule is CC(C)[C@@H](NC(=O)c1cc2c(s1)CCCCC2)c1nc(-c2ccncc2)no1. The summed E-state index contributed by atoms with van der Waals surface area (Å²) < 4.78 is 5.48. The molecule has 0 aliphatic heterocycles. The van der Waals surface area contributed by atoms with Crippen LogP contribution in [-0.2, 0) is 12.8 Å². The Bertz CT molecular complexity index is 925. The summed E-state index contributed by atoms with van der Waals surface area (Å²) >= 11 is 1.62. The van der Waals surface area contributed by atoms with Crippen molar-refractivity contribution in [3.63, 3.8) is 0 Å². The maximum Gasteiger partial charge on any atom is 0.262 e. The van der Waals surface area contributed by atoms with Crippen molar-refractivity contribution in [3.8, 4) is 11.4 Å². The van der Waals surface area contributed by atoms with Gasteiger partial charge in [-0.2, -0.15) is 4.98 Å². The van der Waals surface area contributed by atoms with Crippen molar-refractivity contribution in [3.05, 3.63) is 51.8 Å². The van der Waals surface area contributed by atoms with Gasteiger partial charge < -0.3 is 9.84 Å². The molecule has 4 rings (SSSR count). The molecule has 1 N–H and O–H groups in total. The standard InChI is InChI=1S/C21H24N4O2S/c1-13(2)18(21-24-19(25-27-21)14-8-10-22-11-9-14)23-20(26)17-12-15-6-4-3-5-7-16(15)28-17/h8-13,18H,3-7H2,1-2H3,(H,23,26)/t18-/m1/s1. The molecular weight excluding hydrogens is 372 g/mol. The van der Waals surface area contributed by atoms with Crippen LogP contribution in [0.3, 0.4) is 0 Å². The van der Waals surface area contributed by atoms with Crippen LogP contribution in [0.1, 0.15) is 65.2 Å². The van der Waals surface area contributed by atoms with E-state index in [4.69, 9.17) is 4.52 Å². The van der Waals surface area contributed by atoms with Crippen molar-refractivity contribution >= 4 is 17.2 Å². The molecule has 0 unspecified atom stereocenters. The number of aryl methyl sites for hydroxylation is 2. The molecule has 3 heterocycles. The lowest BCUT2D eigenvalue weighted by molar-refractivity contribution is 0.0918. The third-order valence-corrected chi connectivity index (χ3v) is 6.31. The molecule has 6 nitrogen and oxygen atoms in total. The number of hydrogen-bond donors (Lipinski definition) is 1. The zero-order valence-corrected chi connectivity index (χ0v) is 17.0. The molecule has 28 heavy (non-hydrogen) atoms. The van der Waals surface area contributed by atoms with E-state index >= 15 is 0 Å². The van der Waals surface area contributed by atoms with E-state index in [0.29, 0.717) is 11.7 Å². The van der Waals surface area contributed by atoms with Crippen LogP contribution >= 0.6 is 11.3 Å². The number of carbonyl (C=O) groups excluding carboxylic acids is 1. The van der Waals surface area contributed by atoms with E-state index in [2.05, 4.69) is 26.5 Å². The molecular formula is C21H24N4O2S. The van der Waals surface area contributed by atoms with Gasteiger partial charge >= 0.3 is 0 Å². The van der Waals surface area contributed by atoms with Crippen LogP contribution in [-0.4, -0.2) is 21.0 Å². The minimum atomic E-state index is -0.336. The van der Waals surface area contributed by atoms with Crippen molar-refractivity contribution in [2.24, 2.45) is 5.92 Å². The van der Waals surface area contributed by atoms with E-state index in [-0.39, 0.29) is 17.9 Å². The third kappa shape index (κ3) is 3.99. The first-order valence-electron chi connectivity index (χ1n) is 9.78. The van der Waals surface area contributed by atoms with Gasteiger partial charge in [0.15, 0.2) is 0 Å². The van der Waals surface area contributed by atoms with Crippen molar-refractivity contribution in [1.29, 1.82) is 0 Å². The summed E-state index contributed by atoms with van der Waals surface area (Å²) in [5.74, 6) is 0.973. The Hall–Kier alpha value is -2.54. The molecule has 0 aromatic carbocycles. The van der Waals surface area contributed by atoms with Gasteiger partial charge in [-0.05, 0) is 55.4 Å². The minimum Gasteiger partial charge on any atom is -0.339 e. The molecule has 1 aliphatic carbocycles. The quantitative estimate of drug-likeness (QED) is 0.638. The van der Waals surface area contributed by atoms with Crippen LogP contribution in [0, 0.1) is 5.92 Å². The summed E-state index contributed by atoms with van der Waals surface area (Å²) in [5, 5.41) is 7.17. The van der Waals surface area contributed by atoms with E-state index in [1.807, 2.05) is 26.0 Å². The van der Waals surface area contributed by atoms with Gasteiger partial charge in [0.2, 0.25) is 11.7 Å². The van der Waals surface area contributed by atoms with Crippen LogP contribution in [0.4, 0.5) is 0 Å². The highest BCUT2D eigenvalue weighted by Crippen LogP contribution is 2.30. The highest BCUT2D eigenvalue weighted by atomic mass is 32.1. The van der Waals surface area contributed by atoms with Crippen LogP contribution in [0.25, 0.3) is 11.4 Å². The van der Waals surface area contributed by atoms with Gasteiger partial charge in [0, 0.05) is 22.8 Å². The monoisotopic (exact) mass is 396 g/mol. The van der Waals surface area contributed by atoms with Gasteiger partial charge in [-0.1, -0.05) is 25.4 Å². The van der Waals surface area contributed by atoms with Crippen LogP contribution < -0.4 is 5.32 Å². The largest absolute Gasteiger partial charge is 0.339 e. The molecule has 0 fully saturated rings. The van der Waals surface area contributed by atoms with Crippen molar-refractivity contribution in [2.45, 2.75) is 52.0 Å². The number of thiophene rings is 1. The predicted octanol–water partition coefficient (Wildman–Crippen LogP) is 4.59.